The fraction of sp³-hybridized carbons (Fsp3) is 0.333. The van der Waals surface area contributed by atoms with E-state index in [1.165, 1.54) is 12.1 Å². The molecule has 1 N–H and O–H groups in total. The van der Waals surface area contributed by atoms with E-state index < -0.39 is 5.97 Å². The third-order valence-electron chi connectivity index (χ3n) is 2.11. The monoisotopic (exact) mass is 219 g/mol. The molecule has 4 nitrogen and oxygen atoms in total. The van der Waals surface area contributed by atoms with Crippen LogP contribution < -0.4 is 4.74 Å². The molecule has 4 heteroatoms. The second kappa shape index (κ2) is 5.76. The number of carboxylic acids is 1. The molecule has 1 rings (SSSR count). The first-order chi connectivity index (χ1) is 7.69. The molecular weight excluding hydrogens is 206 g/mol. The van der Waals surface area contributed by atoms with Crippen LogP contribution in [0.15, 0.2) is 18.2 Å². The second-order valence-electron chi connectivity index (χ2n) is 3.33. The van der Waals surface area contributed by atoms with E-state index in [1.54, 1.807) is 6.07 Å². The van der Waals surface area contributed by atoms with Crippen molar-refractivity contribution in [3.63, 3.8) is 0 Å². The molecule has 0 saturated heterocycles. The van der Waals surface area contributed by atoms with E-state index in [0.29, 0.717) is 12.4 Å². The van der Waals surface area contributed by atoms with Crippen molar-refractivity contribution in [2.24, 2.45) is 0 Å². The lowest BCUT2D eigenvalue weighted by atomic mass is 10.1. The quantitative estimate of drug-likeness (QED) is 0.772. The van der Waals surface area contributed by atoms with E-state index >= 15 is 0 Å². The highest BCUT2D eigenvalue weighted by atomic mass is 16.5. The van der Waals surface area contributed by atoms with Crippen molar-refractivity contribution in [2.45, 2.75) is 19.8 Å². The van der Waals surface area contributed by atoms with Crippen LogP contribution >= 0.6 is 0 Å². The van der Waals surface area contributed by atoms with E-state index in [0.717, 1.165) is 12.8 Å². The number of rotatable bonds is 5. The Hall–Kier alpha value is -2.02. The van der Waals surface area contributed by atoms with Crippen LogP contribution in [0.2, 0.25) is 0 Å². The van der Waals surface area contributed by atoms with E-state index in [1.807, 2.05) is 6.07 Å². The summed E-state index contributed by atoms with van der Waals surface area (Å²) in [5.74, 6) is -0.563. The van der Waals surface area contributed by atoms with Gasteiger partial charge >= 0.3 is 5.97 Å². The van der Waals surface area contributed by atoms with Crippen LogP contribution in [0, 0.1) is 11.3 Å². The van der Waals surface area contributed by atoms with Crippen molar-refractivity contribution in [3.05, 3.63) is 29.3 Å². The topological polar surface area (TPSA) is 70.3 Å². The first kappa shape index (κ1) is 12.1. The predicted molar refractivity (Wildman–Crippen MR) is 58.5 cm³/mol. The maximum atomic E-state index is 10.8. The van der Waals surface area contributed by atoms with Crippen molar-refractivity contribution >= 4 is 5.97 Å². The van der Waals surface area contributed by atoms with Crippen LogP contribution in [-0.2, 0) is 0 Å². The molecule has 0 saturated carbocycles. The van der Waals surface area contributed by atoms with Crippen molar-refractivity contribution in [1.82, 2.24) is 0 Å². The molecule has 0 aliphatic heterocycles. The van der Waals surface area contributed by atoms with Crippen LogP contribution in [0.3, 0.4) is 0 Å². The molecule has 0 atom stereocenters. The SMILES string of the molecule is CCCCOc1ccc(C(=O)O)c(C#N)c1. The summed E-state index contributed by atoms with van der Waals surface area (Å²) < 4.78 is 5.38. The predicted octanol–water partition coefficient (Wildman–Crippen LogP) is 2.44. The van der Waals surface area contributed by atoms with E-state index in [-0.39, 0.29) is 11.1 Å². The van der Waals surface area contributed by atoms with E-state index in [9.17, 15) is 4.79 Å². The van der Waals surface area contributed by atoms with Gasteiger partial charge in [0.05, 0.1) is 17.7 Å². The number of ether oxygens (including phenoxy) is 1. The average molecular weight is 219 g/mol. The molecule has 84 valence electrons. The van der Waals surface area contributed by atoms with Gasteiger partial charge in [-0.3, -0.25) is 0 Å². The molecule has 0 aliphatic rings. The van der Waals surface area contributed by atoms with Crippen LogP contribution in [0.25, 0.3) is 0 Å². The zero-order chi connectivity index (χ0) is 12.0. The van der Waals surface area contributed by atoms with Crippen LogP contribution in [-0.4, -0.2) is 17.7 Å². The highest BCUT2D eigenvalue weighted by molar-refractivity contribution is 5.90. The molecule has 0 bridgehead atoms. The van der Waals surface area contributed by atoms with Crippen LogP contribution in [0.1, 0.15) is 35.7 Å². The summed E-state index contributed by atoms with van der Waals surface area (Å²) >= 11 is 0. The van der Waals surface area contributed by atoms with Gasteiger partial charge in [-0.15, -0.1) is 0 Å². The number of carbonyl (C=O) groups is 1. The van der Waals surface area contributed by atoms with Gasteiger partial charge < -0.3 is 9.84 Å². The van der Waals surface area contributed by atoms with Gasteiger partial charge in [0.25, 0.3) is 0 Å². The molecular formula is C12H13NO3. The fourth-order valence-electron chi connectivity index (χ4n) is 1.23. The van der Waals surface area contributed by atoms with Gasteiger partial charge in [-0.2, -0.15) is 5.26 Å². The molecule has 1 aromatic rings. The molecule has 1 aromatic carbocycles. The molecule has 0 unspecified atom stereocenters. The highest BCUT2D eigenvalue weighted by Gasteiger charge is 2.10. The third-order valence-corrected chi connectivity index (χ3v) is 2.11. The van der Waals surface area contributed by atoms with Gasteiger partial charge in [0.1, 0.15) is 11.8 Å². The number of hydrogen-bond donors (Lipinski definition) is 1. The third kappa shape index (κ3) is 2.99. The second-order valence-corrected chi connectivity index (χ2v) is 3.33. The highest BCUT2D eigenvalue weighted by Crippen LogP contribution is 2.17. The number of nitriles is 1. The molecule has 0 aliphatic carbocycles. The minimum Gasteiger partial charge on any atom is -0.494 e. The average Bonchev–Trinajstić information content (AvgIpc) is 2.29. The maximum absolute atomic E-state index is 10.8. The van der Waals surface area contributed by atoms with Gasteiger partial charge in [0.2, 0.25) is 0 Å². The standard InChI is InChI=1S/C12H13NO3/c1-2-3-6-16-10-4-5-11(12(14)15)9(7-10)8-13/h4-5,7H,2-3,6H2,1H3,(H,14,15). The summed E-state index contributed by atoms with van der Waals surface area (Å²) in [7, 11) is 0. The Balaban J connectivity index is 2.84. The van der Waals surface area contributed by atoms with Crippen LogP contribution in [0.4, 0.5) is 0 Å². The van der Waals surface area contributed by atoms with Gasteiger partial charge in [-0.25, -0.2) is 4.79 Å². The number of hydrogen-bond acceptors (Lipinski definition) is 3. The lowest BCUT2D eigenvalue weighted by Gasteiger charge is -2.06. The molecule has 0 aromatic heterocycles. The molecule has 0 fully saturated rings. The number of carboxylic acid groups (broad SMARTS) is 1. The van der Waals surface area contributed by atoms with Gasteiger partial charge in [-0.05, 0) is 24.6 Å². The molecule has 0 spiro atoms. The van der Waals surface area contributed by atoms with E-state index in [4.69, 9.17) is 15.1 Å². The summed E-state index contributed by atoms with van der Waals surface area (Å²) in [5, 5.41) is 17.6. The van der Waals surface area contributed by atoms with Gasteiger partial charge in [0, 0.05) is 0 Å². The van der Waals surface area contributed by atoms with E-state index in [2.05, 4.69) is 6.92 Å². The summed E-state index contributed by atoms with van der Waals surface area (Å²) in [6.07, 6.45) is 1.96. The van der Waals surface area contributed by atoms with Crippen molar-refractivity contribution in [2.75, 3.05) is 6.61 Å². The minimum atomic E-state index is -1.10. The summed E-state index contributed by atoms with van der Waals surface area (Å²) in [5.41, 5.74) is 0.131. The van der Waals surface area contributed by atoms with Crippen molar-refractivity contribution in [3.8, 4) is 11.8 Å². The number of benzene rings is 1. The number of nitrogens with zero attached hydrogens (tertiary/aromatic N) is 1. The first-order valence-electron chi connectivity index (χ1n) is 5.09. The smallest absolute Gasteiger partial charge is 0.337 e. The number of unbranched alkanes of at least 4 members (excludes halogenated alkanes) is 1. The Kier molecular flexibility index (Phi) is 4.34. The molecule has 0 amide bonds. The largest absolute Gasteiger partial charge is 0.494 e. The van der Waals surface area contributed by atoms with Crippen molar-refractivity contribution < 1.29 is 14.6 Å². The Labute approximate surface area is 94.1 Å². The van der Waals surface area contributed by atoms with Gasteiger partial charge in [-0.1, -0.05) is 13.3 Å². The minimum absolute atomic E-state index is 0.00495. The Bertz CT molecular complexity index is 421. The molecule has 16 heavy (non-hydrogen) atoms. The first-order valence-corrected chi connectivity index (χ1v) is 5.09. The Morgan fingerprint density at radius 3 is 2.88 bits per heavy atom. The summed E-state index contributed by atoms with van der Waals surface area (Å²) in [6.45, 7) is 2.63. The maximum Gasteiger partial charge on any atom is 0.337 e. The lowest BCUT2D eigenvalue weighted by molar-refractivity contribution is 0.0696. The van der Waals surface area contributed by atoms with Crippen molar-refractivity contribution in [1.29, 1.82) is 5.26 Å². The molecule has 0 heterocycles. The van der Waals surface area contributed by atoms with Crippen LogP contribution in [0.5, 0.6) is 5.75 Å². The normalized spacial score (nSPS) is 9.50. The summed E-state index contributed by atoms with van der Waals surface area (Å²) in [6, 6.07) is 6.26. The molecule has 0 radical (unpaired) electrons. The Morgan fingerprint density at radius 1 is 1.56 bits per heavy atom. The fourth-order valence-corrected chi connectivity index (χ4v) is 1.23. The summed E-state index contributed by atoms with van der Waals surface area (Å²) in [4.78, 5) is 10.8. The zero-order valence-corrected chi connectivity index (χ0v) is 9.06. The lowest BCUT2D eigenvalue weighted by Crippen LogP contribution is -2.02. The number of aromatic carboxylic acids is 1. The Morgan fingerprint density at radius 2 is 2.31 bits per heavy atom. The zero-order valence-electron chi connectivity index (χ0n) is 9.06. The van der Waals surface area contributed by atoms with Gasteiger partial charge in [0.15, 0.2) is 0 Å².